The van der Waals surface area contributed by atoms with Gasteiger partial charge in [-0.25, -0.2) is 0 Å². The Balaban J connectivity index is 1.75. The van der Waals surface area contributed by atoms with Gasteiger partial charge in [0, 0.05) is 19.1 Å². The van der Waals surface area contributed by atoms with Gasteiger partial charge in [-0.3, -0.25) is 4.90 Å². The lowest BCUT2D eigenvalue weighted by atomic mass is 9.82. The lowest BCUT2D eigenvalue weighted by Gasteiger charge is -2.21. The molecule has 1 heterocycles. The largest absolute Gasteiger partial charge is 0.451 e. The highest BCUT2D eigenvalue weighted by Crippen LogP contribution is 2.29. The normalized spacial score (nSPS) is 20.0. The van der Waals surface area contributed by atoms with Crippen LogP contribution in [-0.2, 0) is 12.7 Å². The molecule has 0 bridgehead atoms. The van der Waals surface area contributed by atoms with Gasteiger partial charge >= 0.3 is 13.3 Å². The molecule has 1 aromatic rings. The molecular formula is C17H26BF3N2O2. The van der Waals surface area contributed by atoms with Gasteiger partial charge in [-0.05, 0) is 49.3 Å². The predicted octanol–water partition coefficient (Wildman–Crippen LogP) is 2.50. The lowest BCUT2D eigenvalue weighted by molar-refractivity contribution is -0.137. The topological polar surface area (TPSA) is 69.7 Å². The predicted molar refractivity (Wildman–Crippen MR) is 91.7 cm³/mol. The van der Waals surface area contributed by atoms with Crippen molar-refractivity contribution in [3.8, 4) is 0 Å². The highest BCUT2D eigenvalue weighted by atomic mass is 19.4. The number of nitrogens with two attached hydrogens (primary N) is 1. The van der Waals surface area contributed by atoms with Gasteiger partial charge in [0.05, 0.1) is 5.56 Å². The van der Waals surface area contributed by atoms with E-state index in [1.54, 1.807) is 0 Å². The molecule has 1 saturated heterocycles. The molecule has 0 aliphatic carbocycles. The molecule has 0 aromatic heterocycles. The molecule has 1 aliphatic heterocycles. The monoisotopic (exact) mass is 358 g/mol. The molecule has 0 spiro atoms. The van der Waals surface area contributed by atoms with Crippen LogP contribution in [0.1, 0.15) is 36.8 Å². The van der Waals surface area contributed by atoms with E-state index in [-0.39, 0.29) is 6.04 Å². The average molecular weight is 358 g/mol. The van der Waals surface area contributed by atoms with Crippen LogP contribution in [0.5, 0.6) is 0 Å². The van der Waals surface area contributed by atoms with E-state index in [0.29, 0.717) is 18.8 Å². The number of alkyl halides is 3. The summed E-state index contributed by atoms with van der Waals surface area (Å²) >= 11 is 0. The van der Waals surface area contributed by atoms with Crippen LogP contribution in [0.2, 0.25) is 6.32 Å². The fourth-order valence-electron chi connectivity index (χ4n) is 3.36. The molecule has 140 valence electrons. The third-order valence-corrected chi connectivity index (χ3v) is 4.85. The first-order valence-corrected chi connectivity index (χ1v) is 8.76. The van der Waals surface area contributed by atoms with Crippen molar-refractivity contribution in [1.82, 2.24) is 4.90 Å². The molecule has 2 rings (SSSR count). The Morgan fingerprint density at radius 2 is 1.88 bits per heavy atom. The molecule has 2 unspecified atom stereocenters. The molecule has 4 nitrogen and oxygen atoms in total. The van der Waals surface area contributed by atoms with Crippen molar-refractivity contribution in [2.75, 3.05) is 13.1 Å². The average Bonchev–Trinajstić information content (AvgIpc) is 2.99. The fraction of sp³-hybridized carbons (Fsp3) is 0.647. The van der Waals surface area contributed by atoms with E-state index < -0.39 is 18.9 Å². The minimum atomic E-state index is -4.30. The summed E-state index contributed by atoms with van der Waals surface area (Å²) in [4.78, 5) is 2.23. The summed E-state index contributed by atoms with van der Waals surface area (Å²) in [5.41, 5.74) is 6.50. The first-order chi connectivity index (χ1) is 11.8. The van der Waals surface area contributed by atoms with Crippen molar-refractivity contribution in [1.29, 1.82) is 0 Å². The molecule has 0 saturated carbocycles. The summed E-state index contributed by atoms with van der Waals surface area (Å²) in [5.74, 6) is 0.383. The van der Waals surface area contributed by atoms with Crippen molar-refractivity contribution < 1.29 is 23.2 Å². The smallest absolute Gasteiger partial charge is 0.427 e. The quantitative estimate of drug-likeness (QED) is 0.493. The molecule has 2 atom stereocenters. The molecule has 1 fully saturated rings. The van der Waals surface area contributed by atoms with E-state index in [1.807, 2.05) is 0 Å². The van der Waals surface area contributed by atoms with Crippen molar-refractivity contribution in [3.05, 3.63) is 35.4 Å². The van der Waals surface area contributed by atoms with Gasteiger partial charge in [0.25, 0.3) is 0 Å². The van der Waals surface area contributed by atoms with Gasteiger partial charge < -0.3 is 15.8 Å². The first kappa shape index (κ1) is 20.2. The van der Waals surface area contributed by atoms with E-state index in [1.165, 1.54) is 12.1 Å². The molecule has 25 heavy (non-hydrogen) atoms. The zero-order valence-electron chi connectivity index (χ0n) is 14.3. The maximum absolute atomic E-state index is 12.6. The Morgan fingerprint density at radius 3 is 2.48 bits per heavy atom. The summed E-state index contributed by atoms with van der Waals surface area (Å²) in [6.45, 7) is 2.39. The summed E-state index contributed by atoms with van der Waals surface area (Å²) in [5, 5.41) is 17.6. The highest BCUT2D eigenvalue weighted by molar-refractivity contribution is 6.40. The van der Waals surface area contributed by atoms with Crippen LogP contribution in [0.15, 0.2) is 24.3 Å². The van der Waals surface area contributed by atoms with Gasteiger partial charge in [-0.15, -0.1) is 0 Å². The molecule has 1 aliphatic rings. The van der Waals surface area contributed by atoms with Crippen LogP contribution in [-0.4, -0.2) is 41.2 Å². The molecule has 1 aromatic carbocycles. The van der Waals surface area contributed by atoms with E-state index >= 15 is 0 Å². The van der Waals surface area contributed by atoms with Crippen molar-refractivity contribution in [2.45, 2.75) is 50.8 Å². The van der Waals surface area contributed by atoms with Gasteiger partial charge in [0.1, 0.15) is 0 Å². The number of nitrogens with zero attached hydrogens (tertiary/aromatic N) is 1. The summed E-state index contributed by atoms with van der Waals surface area (Å²) < 4.78 is 37.8. The summed E-state index contributed by atoms with van der Waals surface area (Å²) in [7, 11) is -1.25. The first-order valence-electron chi connectivity index (χ1n) is 8.76. The Morgan fingerprint density at radius 1 is 1.20 bits per heavy atom. The Hall–Kier alpha value is -1.09. The zero-order valence-corrected chi connectivity index (χ0v) is 14.3. The highest BCUT2D eigenvalue weighted by Gasteiger charge is 2.30. The molecule has 4 N–H and O–H groups in total. The fourth-order valence-corrected chi connectivity index (χ4v) is 3.36. The van der Waals surface area contributed by atoms with E-state index in [9.17, 15) is 13.2 Å². The maximum atomic E-state index is 12.6. The van der Waals surface area contributed by atoms with Crippen LogP contribution in [0.3, 0.4) is 0 Å². The zero-order chi connectivity index (χ0) is 18.4. The standard InChI is InChI=1S/C17H26BF3N2O2/c19-17(20,21)15-6-4-13(5-7-15)11-23-10-8-14(12-23)16(22)3-1-2-9-18(24)25/h4-7,14,16,24-25H,1-3,8-12,22H2. The molecule has 8 heteroatoms. The molecule has 0 radical (unpaired) electrons. The third-order valence-electron chi connectivity index (χ3n) is 4.85. The number of halogens is 3. The second-order valence-corrected chi connectivity index (χ2v) is 6.91. The number of likely N-dealkylation sites (tertiary alicyclic amines) is 1. The molecular weight excluding hydrogens is 332 g/mol. The summed E-state index contributed by atoms with van der Waals surface area (Å²) in [6, 6.07) is 5.41. The van der Waals surface area contributed by atoms with Crippen LogP contribution in [0, 0.1) is 5.92 Å². The van der Waals surface area contributed by atoms with Crippen molar-refractivity contribution in [2.24, 2.45) is 11.7 Å². The Labute approximate surface area is 147 Å². The van der Waals surface area contributed by atoms with Crippen LogP contribution in [0.25, 0.3) is 0 Å². The van der Waals surface area contributed by atoms with Crippen molar-refractivity contribution >= 4 is 7.12 Å². The molecule has 0 amide bonds. The van der Waals surface area contributed by atoms with Gasteiger partial charge in [-0.2, -0.15) is 13.2 Å². The second-order valence-electron chi connectivity index (χ2n) is 6.91. The van der Waals surface area contributed by atoms with Gasteiger partial charge in [-0.1, -0.05) is 25.0 Å². The maximum Gasteiger partial charge on any atom is 0.451 e. The van der Waals surface area contributed by atoms with Crippen LogP contribution >= 0.6 is 0 Å². The lowest BCUT2D eigenvalue weighted by Crippen LogP contribution is -2.32. The number of rotatable bonds is 8. The van der Waals surface area contributed by atoms with Gasteiger partial charge in [0.15, 0.2) is 0 Å². The number of benzene rings is 1. The third kappa shape index (κ3) is 6.62. The van der Waals surface area contributed by atoms with Crippen LogP contribution in [0.4, 0.5) is 13.2 Å². The van der Waals surface area contributed by atoms with E-state index in [4.69, 9.17) is 15.8 Å². The van der Waals surface area contributed by atoms with Crippen molar-refractivity contribution in [3.63, 3.8) is 0 Å². The minimum absolute atomic E-state index is 0.0773. The SMILES string of the molecule is NC(CCCCB(O)O)C1CCN(Cc2ccc(C(F)(F)F)cc2)C1. The Bertz CT molecular complexity index is 526. The number of hydrogen-bond acceptors (Lipinski definition) is 4. The second kappa shape index (κ2) is 9.03. The minimum Gasteiger partial charge on any atom is -0.427 e. The summed E-state index contributed by atoms with van der Waals surface area (Å²) in [6.07, 6.45) is -0.467. The van der Waals surface area contributed by atoms with Gasteiger partial charge in [0.2, 0.25) is 0 Å². The Kier molecular flexibility index (Phi) is 7.31. The van der Waals surface area contributed by atoms with Crippen LogP contribution < -0.4 is 5.73 Å². The number of hydrogen-bond donors (Lipinski definition) is 3. The number of unbranched alkanes of at least 4 members (excludes halogenated alkanes) is 1. The van der Waals surface area contributed by atoms with E-state index in [0.717, 1.165) is 56.5 Å². The van der Waals surface area contributed by atoms with E-state index in [2.05, 4.69) is 4.90 Å².